The number of nitrogens with one attached hydrogen (secondary N) is 1. The van der Waals surface area contributed by atoms with Crippen molar-refractivity contribution in [2.45, 2.75) is 26.3 Å². The van der Waals surface area contributed by atoms with Crippen LogP contribution < -0.4 is 10.2 Å². The molecule has 21 heavy (non-hydrogen) atoms. The number of halogens is 1. The highest BCUT2D eigenvalue weighted by molar-refractivity contribution is 6.30. The predicted octanol–water partition coefficient (Wildman–Crippen LogP) is 2.38. The topological polar surface area (TPSA) is 35.6 Å². The van der Waals surface area contributed by atoms with E-state index < -0.39 is 0 Å². The number of anilines is 1. The first-order valence-electron chi connectivity index (χ1n) is 7.38. The first-order valence-corrected chi connectivity index (χ1v) is 7.76. The summed E-state index contributed by atoms with van der Waals surface area (Å²) < 4.78 is 0. The number of benzene rings is 1. The van der Waals surface area contributed by atoms with Gasteiger partial charge in [0.05, 0.1) is 6.54 Å². The maximum absolute atomic E-state index is 12.2. The van der Waals surface area contributed by atoms with Crippen LogP contribution in [0.5, 0.6) is 0 Å². The number of carbonyl (C=O) groups is 1. The molecule has 1 aliphatic rings. The van der Waals surface area contributed by atoms with E-state index in [2.05, 4.69) is 31.0 Å². The molecule has 4 nitrogen and oxygen atoms in total. The number of carbonyl (C=O) groups excluding carboxylic acids is 1. The third-order valence-corrected chi connectivity index (χ3v) is 3.85. The number of hydrogen-bond donors (Lipinski definition) is 1. The van der Waals surface area contributed by atoms with Gasteiger partial charge in [0.2, 0.25) is 5.91 Å². The molecule has 1 aliphatic heterocycles. The first kappa shape index (κ1) is 16.1. The summed E-state index contributed by atoms with van der Waals surface area (Å²) >= 11 is 5.91. The van der Waals surface area contributed by atoms with Gasteiger partial charge in [-0.1, -0.05) is 11.6 Å². The zero-order valence-electron chi connectivity index (χ0n) is 13.0. The fourth-order valence-corrected chi connectivity index (χ4v) is 2.44. The van der Waals surface area contributed by atoms with Gasteiger partial charge in [-0.25, -0.2) is 0 Å². The van der Waals surface area contributed by atoms with Crippen molar-refractivity contribution >= 4 is 23.2 Å². The van der Waals surface area contributed by atoms with Crippen LogP contribution in [-0.4, -0.2) is 49.1 Å². The van der Waals surface area contributed by atoms with E-state index in [1.54, 1.807) is 0 Å². The lowest BCUT2D eigenvalue weighted by atomic mass is 10.1. The minimum absolute atomic E-state index is 0.0270. The Balaban J connectivity index is 1.82. The average molecular weight is 310 g/mol. The molecule has 2 rings (SSSR count). The minimum Gasteiger partial charge on any atom is -0.368 e. The number of amides is 1. The van der Waals surface area contributed by atoms with Crippen molar-refractivity contribution < 1.29 is 4.79 Å². The monoisotopic (exact) mass is 309 g/mol. The second kappa shape index (κ2) is 6.67. The summed E-state index contributed by atoms with van der Waals surface area (Å²) in [7, 11) is 0. The maximum Gasteiger partial charge on any atom is 0.236 e. The molecule has 5 heteroatoms. The molecule has 0 bridgehead atoms. The van der Waals surface area contributed by atoms with Crippen LogP contribution in [0.3, 0.4) is 0 Å². The molecule has 0 spiro atoms. The predicted molar refractivity (Wildman–Crippen MR) is 88.0 cm³/mol. The van der Waals surface area contributed by atoms with E-state index in [0.29, 0.717) is 6.54 Å². The van der Waals surface area contributed by atoms with Gasteiger partial charge in [-0.05, 0) is 45.0 Å². The molecule has 0 unspecified atom stereocenters. The fourth-order valence-electron chi connectivity index (χ4n) is 2.32. The van der Waals surface area contributed by atoms with Crippen LogP contribution >= 0.6 is 11.6 Å². The highest BCUT2D eigenvalue weighted by Crippen LogP contribution is 2.19. The maximum atomic E-state index is 12.2. The normalized spacial score (nSPS) is 16.2. The third kappa shape index (κ3) is 4.90. The number of hydrogen-bond acceptors (Lipinski definition) is 3. The minimum atomic E-state index is -0.0270. The second-order valence-corrected chi connectivity index (χ2v) is 6.88. The highest BCUT2D eigenvalue weighted by Gasteiger charge is 2.22. The van der Waals surface area contributed by atoms with Gasteiger partial charge >= 0.3 is 0 Å². The molecular weight excluding hydrogens is 286 g/mol. The molecule has 1 aromatic rings. The van der Waals surface area contributed by atoms with Crippen LogP contribution in [0.25, 0.3) is 0 Å². The van der Waals surface area contributed by atoms with Gasteiger partial charge in [0.1, 0.15) is 0 Å². The zero-order chi connectivity index (χ0) is 15.5. The lowest BCUT2D eigenvalue weighted by Gasteiger charge is -2.36. The van der Waals surface area contributed by atoms with E-state index in [1.165, 1.54) is 5.69 Å². The van der Waals surface area contributed by atoms with Crippen LogP contribution in [0.2, 0.25) is 5.02 Å². The Hall–Kier alpha value is -1.26. The van der Waals surface area contributed by atoms with Crippen molar-refractivity contribution in [1.82, 2.24) is 10.2 Å². The largest absolute Gasteiger partial charge is 0.368 e. The van der Waals surface area contributed by atoms with Crippen molar-refractivity contribution in [2.24, 2.45) is 0 Å². The average Bonchev–Trinajstić information content (AvgIpc) is 2.45. The Morgan fingerprint density at radius 1 is 1.14 bits per heavy atom. The quantitative estimate of drug-likeness (QED) is 0.931. The molecule has 0 aliphatic carbocycles. The summed E-state index contributed by atoms with van der Waals surface area (Å²) in [6, 6.07) is 7.87. The lowest BCUT2D eigenvalue weighted by Crippen LogP contribution is -2.52. The Morgan fingerprint density at radius 3 is 2.24 bits per heavy atom. The summed E-state index contributed by atoms with van der Waals surface area (Å²) in [6.07, 6.45) is 0. The van der Waals surface area contributed by atoms with E-state index in [4.69, 9.17) is 11.6 Å². The van der Waals surface area contributed by atoms with E-state index >= 15 is 0 Å². The van der Waals surface area contributed by atoms with Crippen LogP contribution in [-0.2, 0) is 4.79 Å². The Bertz CT molecular complexity index is 473. The summed E-state index contributed by atoms with van der Waals surface area (Å²) in [5.74, 6) is 0.181. The Morgan fingerprint density at radius 2 is 1.71 bits per heavy atom. The Labute approximate surface area is 132 Å². The van der Waals surface area contributed by atoms with Crippen molar-refractivity contribution in [3.05, 3.63) is 29.3 Å². The number of piperazine rings is 1. The fraction of sp³-hybridized carbons (Fsp3) is 0.562. The number of rotatable bonds is 3. The molecule has 0 radical (unpaired) electrons. The third-order valence-electron chi connectivity index (χ3n) is 3.59. The van der Waals surface area contributed by atoms with Crippen molar-refractivity contribution in [1.29, 1.82) is 0 Å². The van der Waals surface area contributed by atoms with Crippen molar-refractivity contribution in [3.63, 3.8) is 0 Å². The van der Waals surface area contributed by atoms with Crippen molar-refractivity contribution in [3.8, 4) is 0 Å². The molecule has 1 saturated heterocycles. The molecular formula is C16H24ClN3O. The molecule has 116 valence electrons. The van der Waals surface area contributed by atoms with Crippen molar-refractivity contribution in [2.75, 3.05) is 37.6 Å². The zero-order valence-corrected chi connectivity index (χ0v) is 13.8. The van der Waals surface area contributed by atoms with Crippen LogP contribution in [0.1, 0.15) is 20.8 Å². The smallest absolute Gasteiger partial charge is 0.236 e. The highest BCUT2D eigenvalue weighted by atomic mass is 35.5. The lowest BCUT2D eigenvalue weighted by molar-refractivity contribution is -0.130. The van der Waals surface area contributed by atoms with E-state index in [9.17, 15) is 4.79 Å². The van der Waals surface area contributed by atoms with E-state index in [1.807, 2.05) is 29.2 Å². The SMILES string of the molecule is CC(C)(C)NCC(=O)N1CCN(c2ccc(Cl)cc2)CC1. The molecule has 0 atom stereocenters. The van der Waals surface area contributed by atoms with Crippen LogP contribution in [0, 0.1) is 0 Å². The van der Waals surface area contributed by atoms with E-state index in [-0.39, 0.29) is 11.4 Å². The number of nitrogens with zero attached hydrogens (tertiary/aromatic N) is 2. The Kier molecular flexibility index (Phi) is 5.12. The molecule has 1 fully saturated rings. The summed E-state index contributed by atoms with van der Waals surface area (Å²) in [4.78, 5) is 16.4. The first-order chi connectivity index (χ1) is 9.85. The standard InChI is InChI=1S/C16H24ClN3O/c1-16(2,3)18-12-15(21)20-10-8-19(9-11-20)14-6-4-13(17)5-7-14/h4-7,18H,8-12H2,1-3H3. The van der Waals surface area contributed by atoms with Crippen LogP contribution in [0.15, 0.2) is 24.3 Å². The van der Waals surface area contributed by atoms with Gasteiger partial charge in [-0.15, -0.1) is 0 Å². The molecule has 0 saturated carbocycles. The molecule has 1 N–H and O–H groups in total. The van der Waals surface area contributed by atoms with Gasteiger partial charge in [0, 0.05) is 42.4 Å². The molecule has 1 aromatic carbocycles. The summed E-state index contributed by atoms with van der Waals surface area (Å²) in [5.41, 5.74) is 1.14. The van der Waals surface area contributed by atoms with Gasteiger partial charge in [0.25, 0.3) is 0 Å². The molecule has 1 amide bonds. The molecule has 1 heterocycles. The second-order valence-electron chi connectivity index (χ2n) is 6.45. The summed E-state index contributed by atoms with van der Waals surface area (Å²) in [5, 5.41) is 4.00. The van der Waals surface area contributed by atoms with Gasteiger partial charge in [0.15, 0.2) is 0 Å². The molecule has 0 aromatic heterocycles. The summed E-state index contributed by atoms with van der Waals surface area (Å²) in [6.45, 7) is 9.88. The van der Waals surface area contributed by atoms with Gasteiger partial charge in [-0.3, -0.25) is 4.79 Å². The van der Waals surface area contributed by atoms with Gasteiger partial charge < -0.3 is 15.1 Å². The van der Waals surface area contributed by atoms with E-state index in [0.717, 1.165) is 31.2 Å². The van der Waals surface area contributed by atoms with Gasteiger partial charge in [-0.2, -0.15) is 0 Å². The van der Waals surface area contributed by atoms with Crippen LogP contribution in [0.4, 0.5) is 5.69 Å².